The molecule has 1 aliphatic heterocycles. The Morgan fingerprint density at radius 3 is 2.75 bits per heavy atom. The lowest BCUT2D eigenvalue weighted by atomic mass is 9.91. The van der Waals surface area contributed by atoms with E-state index in [9.17, 15) is 4.79 Å². The molecule has 24 heavy (non-hydrogen) atoms. The second-order valence-corrected chi connectivity index (χ2v) is 6.67. The van der Waals surface area contributed by atoms with Gasteiger partial charge in [-0.3, -0.25) is 4.79 Å². The smallest absolute Gasteiger partial charge is 0.233 e. The highest BCUT2D eigenvalue weighted by molar-refractivity contribution is 5.91. The van der Waals surface area contributed by atoms with Crippen molar-refractivity contribution in [1.29, 1.82) is 0 Å². The highest BCUT2D eigenvalue weighted by Crippen LogP contribution is 2.50. The molecule has 126 valence electrons. The molecule has 0 bridgehead atoms. The van der Waals surface area contributed by atoms with Crippen molar-refractivity contribution in [3.05, 3.63) is 35.7 Å². The van der Waals surface area contributed by atoms with E-state index in [0.29, 0.717) is 12.4 Å². The van der Waals surface area contributed by atoms with Crippen LogP contribution in [0.2, 0.25) is 0 Å². The van der Waals surface area contributed by atoms with Crippen molar-refractivity contribution in [1.82, 2.24) is 25.5 Å². The summed E-state index contributed by atoms with van der Waals surface area (Å²) >= 11 is 0. The fraction of sp³-hybridized carbons (Fsp3) is 0.529. The molecule has 2 aromatic rings. The Morgan fingerprint density at radius 1 is 1.33 bits per heavy atom. The number of hydrogen-bond acceptors (Lipinski definition) is 5. The number of nitrogens with one attached hydrogen (secondary N) is 1. The first-order valence-electron chi connectivity index (χ1n) is 8.40. The van der Waals surface area contributed by atoms with Gasteiger partial charge in [0, 0.05) is 19.0 Å². The quantitative estimate of drug-likeness (QED) is 0.923. The topological polar surface area (TPSA) is 84.0 Å². The van der Waals surface area contributed by atoms with Crippen LogP contribution in [0.1, 0.15) is 43.0 Å². The molecule has 1 N–H and O–H groups in total. The number of tetrazole rings is 1. The number of likely N-dealkylation sites (tertiary alicyclic amines) is 1. The van der Waals surface area contributed by atoms with Crippen molar-refractivity contribution in [2.75, 3.05) is 20.2 Å². The maximum absolute atomic E-state index is 13.2. The Bertz CT molecular complexity index is 709. The number of carbonyl (C=O) groups is 1. The van der Waals surface area contributed by atoms with E-state index in [1.165, 1.54) is 0 Å². The van der Waals surface area contributed by atoms with Crippen molar-refractivity contribution >= 4 is 5.91 Å². The largest absolute Gasteiger partial charge is 0.497 e. The Balaban J connectivity index is 1.52. The minimum Gasteiger partial charge on any atom is -0.497 e. The zero-order valence-corrected chi connectivity index (χ0v) is 13.7. The Hall–Kier alpha value is -2.44. The summed E-state index contributed by atoms with van der Waals surface area (Å²) in [6.07, 6.45) is 3.81. The van der Waals surface area contributed by atoms with Crippen molar-refractivity contribution in [2.24, 2.45) is 0 Å². The predicted molar refractivity (Wildman–Crippen MR) is 86.6 cm³/mol. The number of benzene rings is 1. The number of rotatable bonds is 4. The number of aromatic nitrogens is 4. The molecule has 1 saturated heterocycles. The molecule has 1 aromatic carbocycles. The van der Waals surface area contributed by atoms with Crippen LogP contribution in [-0.2, 0) is 10.2 Å². The molecule has 0 spiro atoms. The molecular formula is C17H21N5O2. The molecule has 1 saturated carbocycles. The van der Waals surface area contributed by atoms with E-state index >= 15 is 0 Å². The summed E-state index contributed by atoms with van der Waals surface area (Å²) in [6.45, 7) is 1.49. The second kappa shape index (κ2) is 5.89. The number of methoxy groups -OCH3 is 1. The van der Waals surface area contributed by atoms with E-state index in [0.717, 1.165) is 43.5 Å². The Labute approximate surface area is 140 Å². The molecule has 1 atom stereocenters. The van der Waals surface area contributed by atoms with Crippen LogP contribution in [0, 0.1) is 0 Å². The van der Waals surface area contributed by atoms with E-state index < -0.39 is 0 Å². The fourth-order valence-electron chi connectivity index (χ4n) is 3.68. The molecule has 7 nitrogen and oxygen atoms in total. The third kappa shape index (κ3) is 2.53. The summed E-state index contributed by atoms with van der Waals surface area (Å²) in [6, 6.07) is 7.90. The van der Waals surface area contributed by atoms with Crippen molar-refractivity contribution in [3.8, 4) is 5.75 Å². The number of piperidine rings is 1. The lowest BCUT2D eigenvalue weighted by Crippen LogP contribution is -2.44. The zero-order chi connectivity index (χ0) is 16.6. The average Bonchev–Trinajstić information content (AvgIpc) is 3.27. The molecule has 1 unspecified atom stereocenters. The van der Waals surface area contributed by atoms with Crippen LogP contribution in [0.5, 0.6) is 5.75 Å². The molecule has 1 aromatic heterocycles. The average molecular weight is 327 g/mol. The van der Waals surface area contributed by atoms with Crippen molar-refractivity contribution < 1.29 is 9.53 Å². The third-order valence-electron chi connectivity index (χ3n) is 5.24. The van der Waals surface area contributed by atoms with E-state index in [1.807, 2.05) is 29.2 Å². The molecule has 2 fully saturated rings. The van der Waals surface area contributed by atoms with E-state index in [2.05, 4.69) is 20.6 Å². The number of nitrogens with zero attached hydrogens (tertiary/aromatic N) is 4. The Morgan fingerprint density at radius 2 is 2.12 bits per heavy atom. The number of aromatic amines is 1. The maximum Gasteiger partial charge on any atom is 0.233 e. The molecule has 2 aliphatic rings. The number of ether oxygens (including phenoxy) is 1. The summed E-state index contributed by atoms with van der Waals surface area (Å²) in [4.78, 5) is 15.2. The van der Waals surface area contributed by atoms with Gasteiger partial charge in [-0.25, -0.2) is 0 Å². The number of amides is 1. The highest BCUT2D eigenvalue weighted by atomic mass is 16.5. The summed E-state index contributed by atoms with van der Waals surface area (Å²) in [7, 11) is 1.65. The van der Waals surface area contributed by atoms with Crippen LogP contribution in [-0.4, -0.2) is 51.6 Å². The minimum atomic E-state index is -0.342. The molecule has 4 rings (SSSR count). The monoisotopic (exact) mass is 327 g/mol. The van der Waals surface area contributed by atoms with Crippen LogP contribution < -0.4 is 4.74 Å². The van der Waals surface area contributed by atoms with Crippen molar-refractivity contribution in [3.63, 3.8) is 0 Å². The van der Waals surface area contributed by atoms with Gasteiger partial charge in [0.2, 0.25) is 5.91 Å². The number of H-pyrrole nitrogens is 1. The first-order chi connectivity index (χ1) is 11.7. The third-order valence-corrected chi connectivity index (χ3v) is 5.24. The summed E-state index contributed by atoms with van der Waals surface area (Å²) in [5, 5.41) is 14.3. The second-order valence-electron chi connectivity index (χ2n) is 6.67. The Kier molecular flexibility index (Phi) is 3.70. The summed E-state index contributed by atoms with van der Waals surface area (Å²) in [5.74, 6) is 1.94. The SMILES string of the molecule is COc1ccc(C2(C(=O)N3CCCC(c4nn[nH]n4)C3)CC2)cc1. The first kappa shape index (κ1) is 15.1. The number of hydrogen-bond donors (Lipinski definition) is 1. The van der Waals surface area contributed by atoms with Crippen LogP contribution in [0.4, 0.5) is 0 Å². The lowest BCUT2D eigenvalue weighted by Gasteiger charge is -2.34. The van der Waals surface area contributed by atoms with Gasteiger partial charge in [0.15, 0.2) is 5.82 Å². The van der Waals surface area contributed by atoms with Gasteiger partial charge in [-0.15, -0.1) is 10.2 Å². The van der Waals surface area contributed by atoms with E-state index in [4.69, 9.17) is 4.74 Å². The van der Waals surface area contributed by atoms with Gasteiger partial charge in [-0.05, 0) is 43.4 Å². The lowest BCUT2D eigenvalue weighted by molar-refractivity contribution is -0.135. The van der Waals surface area contributed by atoms with Crippen LogP contribution in [0.15, 0.2) is 24.3 Å². The zero-order valence-electron chi connectivity index (χ0n) is 13.7. The van der Waals surface area contributed by atoms with Gasteiger partial charge in [-0.2, -0.15) is 5.21 Å². The summed E-state index contributed by atoms with van der Waals surface area (Å²) < 4.78 is 5.22. The van der Waals surface area contributed by atoms with Gasteiger partial charge >= 0.3 is 0 Å². The molecular weight excluding hydrogens is 306 g/mol. The molecule has 1 amide bonds. The number of carbonyl (C=O) groups excluding carboxylic acids is 1. The summed E-state index contributed by atoms with van der Waals surface area (Å²) in [5.41, 5.74) is 0.751. The van der Waals surface area contributed by atoms with Gasteiger partial charge < -0.3 is 9.64 Å². The normalized spacial score (nSPS) is 22.2. The van der Waals surface area contributed by atoms with E-state index in [-0.39, 0.29) is 17.2 Å². The van der Waals surface area contributed by atoms with Gasteiger partial charge in [0.1, 0.15) is 5.75 Å². The van der Waals surface area contributed by atoms with Crippen molar-refractivity contribution in [2.45, 2.75) is 37.0 Å². The van der Waals surface area contributed by atoms with E-state index in [1.54, 1.807) is 7.11 Å². The highest BCUT2D eigenvalue weighted by Gasteiger charge is 2.53. The molecule has 7 heteroatoms. The molecule has 2 heterocycles. The molecule has 0 radical (unpaired) electrons. The van der Waals surface area contributed by atoms with Gasteiger partial charge in [0.25, 0.3) is 0 Å². The van der Waals surface area contributed by atoms with Crippen LogP contribution in [0.25, 0.3) is 0 Å². The fourth-order valence-corrected chi connectivity index (χ4v) is 3.68. The van der Waals surface area contributed by atoms with Crippen LogP contribution >= 0.6 is 0 Å². The van der Waals surface area contributed by atoms with Crippen LogP contribution in [0.3, 0.4) is 0 Å². The van der Waals surface area contributed by atoms with Gasteiger partial charge in [-0.1, -0.05) is 17.3 Å². The minimum absolute atomic E-state index is 0.174. The standard InChI is InChI=1S/C17H21N5O2/c1-24-14-6-4-13(5-7-14)17(8-9-17)16(23)22-10-2-3-12(11-22)15-18-20-21-19-15/h4-7,12H,2-3,8-11H2,1H3,(H,18,19,20,21). The first-order valence-corrected chi connectivity index (χ1v) is 8.40. The maximum atomic E-state index is 13.2. The van der Waals surface area contributed by atoms with Gasteiger partial charge in [0.05, 0.1) is 12.5 Å². The molecule has 1 aliphatic carbocycles. The predicted octanol–water partition coefficient (Wildman–Crippen LogP) is 1.65.